The minimum atomic E-state index is -0.571. The lowest BCUT2D eigenvalue weighted by Gasteiger charge is -2.33. The molecule has 0 aromatic heterocycles. The SMILES string of the molecule is CCC1CCC(CNC(=O)C2(N)CCCCC2)CC1. The van der Waals surface area contributed by atoms with Crippen LogP contribution in [0.25, 0.3) is 0 Å². The van der Waals surface area contributed by atoms with Gasteiger partial charge in [-0.1, -0.05) is 45.4 Å². The lowest BCUT2D eigenvalue weighted by Crippen LogP contribution is -2.55. The van der Waals surface area contributed by atoms with Crippen molar-refractivity contribution in [2.45, 2.75) is 76.7 Å². The zero-order chi connectivity index (χ0) is 13.7. The molecule has 2 aliphatic rings. The van der Waals surface area contributed by atoms with Gasteiger partial charge in [0.25, 0.3) is 0 Å². The summed E-state index contributed by atoms with van der Waals surface area (Å²) in [5.41, 5.74) is 5.68. The van der Waals surface area contributed by atoms with Crippen LogP contribution in [0, 0.1) is 11.8 Å². The topological polar surface area (TPSA) is 55.1 Å². The summed E-state index contributed by atoms with van der Waals surface area (Å²) < 4.78 is 0. The molecule has 0 atom stereocenters. The molecule has 3 N–H and O–H groups in total. The van der Waals surface area contributed by atoms with Gasteiger partial charge >= 0.3 is 0 Å². The molecule has 0 spiro atoms. The fraction of sp³-hybridized carbons (Fsp3) is 0.938. The summed E-state index contributed by atoms with van der Waals surface area (Å²) in [6.45, 7) is 3.13. The van der Waals surface area contributed by atoms with E-state index in [1.165, 1.54) is 38.5 Å². The largest absolute Gasteiger partial charge is 0.354 e. The molecule has 2 saturated carbocycles. The second kappa shape index (κ2) is 6.74. The number of nitrogens with two attached hydrogens (primary N) is 1. The molecule has 0 aromatic carbocycles. The number of carbonyl (C=O) groups excluding carboxylic acids is 1. The van der Waals surface area contributed by atoms with Crippen LogP contribution in [-0.4, -0.2) is 18.0 Å². The standard InChI is InChI=1S/C16H30N2O/c1-2-13-6-8-14(9-7-13)12-18-15(19)16(17)10-4-3-5-11-16/h13-14H,2-12,17H2,1H3,(H,18,19). The van der Waals surface area contributed by atoms with Gasteiger partial charge in [-0.15, -0.1) is 0 Å². The summed E-state index contributed by atoms with van der Waals surface area (Å²) in [6, 6.07) is 0. The Bertz CT molecular complexity index is 289. The molecule has 2 rings (SSSR count). The van der Waals surface area contributed by atoms with Crippen molar-refractivity contribution < 1.29 is 4.79 Å². The van der Waals surface area contributed by atoms with Crippen molar-refractivity contribution in [2.24, 2.45) is 17.6 Å². The first-order chi connectivity index (χ1) is 9.14. The van der Waals surface area contributed by atoms with Gasteiger partial charge in [0.1, 0.15) is 0 Å². The number of amides is 1. The molecule has 0 unspecified atom stereocenters. The molecule has 0 heterocycles. The fourth-order valence-electron chi connectivity index (χ4n) is 3.67. The fourth-order valence-corrected chi connectivity index (χ4v) is 3.67. The van der Waals surface area contributed by atoms with Crippen LogP contribution in [0.5, 0.6) is 0 Å². The number of nitrogens with one attached hydrogen (secondary N) is 1. The highest BCUT2D eigenvalue weighted by Gasteiger charge is 2.35. The van der Waals surface area contributed by atoms with Crippen LogP contribution < -0.4 is 11.1 Å². The molecule has 3 heteroatoms. The van der Waals surface area contributed by atoms with E-state index in [0.29, 0.717) is 5.92 Å². The molecule has 3 nitrogen and oxygen atoms in total. The van der Waals surface area contributed by atoms with Gasteiger partial charge in [0, 0.05) is 6.54 Å². The quantitative estimate of drug-likeness (QED) is 0.822. The Morgan fingerprint density at radius 1 is 1.11 bits per heavy atom. The van der Waals surface area contributed by atoms with Gasteiger partial charge in [0.05, 0.1) is 5.54 Å². The second-order valence-corrected chi connectivity index (χ2v) is 6.72. The molecule has 0 radical (unpaired) electrons. The lowest BCUT2D eigenvalue weighted by molar-refractivity contribution is -0.127. The van der Waals surface area contributed by atoms with Crippen molar-refractivity contribution in [2.75, 3.05) is 6.54 Å². The van der Waals surface area contributed by atoms with Crippen molar-refractivity contribution >= 4 is 5.91 Å². The Morgan fingerprint density at radius 3 is 2.26 bits per heavy atom. The van der Waals surface area contributed by atoms with E-state index in [4.69, 9.17) is 5.73 Å². The number of hydrogen-bond donors (Lipinski definition) is 2. The highest BCUT2D eigenvalue weighted by atomic mass is 16.2. The summed E-state index contributed by atoms with van der Waals surface area (Å²) in [5.74, 6) is 1.70. The Hall–Kier alpha value is -0.570. The van der Waals surface area contributed by atoms with Crippen molar-refractivity contribution in [3.8, 4) is 0 Å². The third-order valence-corrected chi connectivity index (χ3v) is 5.29. The molecule has 0 aromatic rings. The third-order valence-electron chi connectivity index (χ3n) is 5.29. The molecule has 2 fully saturated rings. The molecule has 0 aliphatic heterocycles. The van der Waals surface area contributed by atoms with Crippen LogP contribution in [-0.2, 0) is 4.79 Å². The van der Waals surface area contributed by atoms with Crippen LogP contribution in [0.15, 0.2) is 0 Å². The van der Waals surface area contributed by atoms with Crippen molar-refractivity contribution in [1.82, 2.24) is 5.32 Å². The smallest absolute Gasteiger partial charge is 0.240 e. The van der Waals surface area contributed by atoms with E-state index in [1.807, 2.05) is 0 Å². The van der Waals surface area contributed by atoms with Gasteiger partial charge in [-0.05, 0) is 37.5 Å². The zero-order valence-electron chi connectivity index (χ0n) is 12.4. The predicted octanol–water partition coefficient (Wildman–Crippen LogP) is 2.98. The minimum absolute atomic E-state index is 0.102. The monoisotopic (exact) mass is 266 g/mol. The minimum Gasteiger partial charge on any atom is -0.354 e. The van der Waals surface area contributed by atoms with Gasteiger partial charge < -0.3 is 11.1 Å². The van der Waals surface area contributed by atoms with Crippen LogP contribution in [0.2, 0.25) is 0 Å². The Morgan fingerprint density at radius 2 is 1.68 bits per heavy atom. The zero-order valence-corrected chi connectivity index (χ0v) is 12.4. The Labute approximate surface area is 117 Å². The summed E-state index contributed by atoms with van der Waals surface area (Å²) >= 11 is 0. The summed E-state index contributed by atoms with van der Waals surface area (Å²) in [5, 5.41) is 3.13. The first-order valence-corrected chi connectivity index (χ1v) is 8.21. The molecule has 2 aliphatic carbocycles. The molecular formula is C16H30N2O. The van der Waals surface area contributed by atoms with Crippen LogP contribution >= 0.6 is 0 Å². The van der Waals surface area contributed by atoms with Crippen molar-refractivity contribution in [3.05, 3.63) is 0 Å². The molecule has 0 saturated heterocycles. The lowest BCUT2D eigenvalue weighted by atomic mass is 9.80. The second-order valence-electron chi connectivity index (χ2n) is 6.72. The van der Waals surface area contributed by atoms with Gasteiger partial charge in [0.2, 0.25) is 5.91 Å². The van der Waals surface area contributed by atoms with Crippen LogP contribution in [0.1, 0.15) is 71.1 Å². The third kappa shape index (κ3) is 3.95. The average Bonchev–Trinajstić information content (AvgIpc) is 2.46. The number of rotatable bonds is 4. The first kappa shape index (κ1) is 14.8. The van der Waals surface area contributed by atoms with Crippen molar-refractivity contribution in [1.29, 1.82) is 0 Å². The molecule has 1 amide bonds. The summed E-state index contributed by atoms with van der Waals surface area (Å²) in [7, 11) is 0. The summed E-state index contributed by atoms with van der Waals surface area (Å²) in [6.07, 6.45) is 11.7. The van der Waals surface area contributed by atoms with Gasteiger partial charge in [0.15, 0.2) is 0 Å². The molecule has 110 valence electrons. The number of carbonyl (C=O) groups is 1. The molecule has 19 heavy (non-hydrogen) atoms. The first-order valence-electron chi connectivity index (χ1n) is 8.21. The van der Waals surface area contributed by atoms with Gasteiger partial charge in [-0.3, -0.25) is 4.79 Å². The highest BCUT2D eigenvalue weighted by Crippen LogP contribution is 2.30. The van der Waals surface area contributed by atoms with Gasteiger partial charge in [-0.25, -0.2) is 0 Å². The van der Waals surface area contributed by atoms with E-state index in [2.05, 4.69) is 12.2 Å². The maximum atomic E-state index is 12.2. The van der Waals surface area contributed by atoms with Crippen molar-refractivity contribution in [3.63, 3.8) is 0 Å². The Balaban J connectivity index is 1.71. The Kier molecular flexibility index (Phi) is 5.26. The van der Waals surface area contributed by atoms with E-state index in [-0.39, 0.29) is 5.91 Å². The van der Waals surface area contributed by atoms with E-state index >= 15 is 0 Å². The maximum absolute atomic E-state index is 12.2. The average molecular weight is 266 g/mol. The van der Waals surface area contributed by atoms with E-state index in [9.17, 15) is 4.79 Å². The van der Waals surface area contributed by atoms with Crippen LogP contribution in [0.3, 0.4) is 0 Å². The summed E-state index contributed by atoms with van der Waals surface area (Å²) in [4.78, 5) is 12.2. The van der Waals surface area contributed by atoms with Crippen LogP contribution in [0.4, 0.5) is 0 Å². The maximum Gasteiger partial charge on any atom is 0.240 e. The van der Waals surface area contributed by atoms with E-state index in [0.717, 1.165) is 38.1 Å². The molecular weight excluding hydrogens is 236 g/mol. The number of hydrogen-bond acceptors (Lipinski definition) is 2. The highest BCUT2D eigenvalue weighted by molar-refractivity contribution is 5.86. The van der Waals surface area contributed by atoms with Gasteiger partial charge in [-0.2, -0.15) is 0 Å². The normalized spacial score (nSPS) is 30.8. The van der Waals surface area contributed by atoms with E-state index < -0.39 is 5.54 Å². The van der Waals surface area contributed by atoms with E-state index in [1.54, 1.807) is 0 Å². The molecule has 0 bridgehead atoms. The predicted molar refractivity (Wildman–Crippen MR) is 78.8 cm³/mol.